The van der Waals surface area contributed by atoms with Crippen LogP contribution in [-0.2, 0) is 13.1 Å². The van der Waals surface area contributed by atoms with Gasteiger partial charge in [0.25, 0.3) is 0 Å². The van der Waals surface area contributed by atoms with E-state index in [4.69, 9.17) is 5.73 Å². The fraction of sp³-hybridized carbons (Fsp3) is 0.600. The summed E-state index contributed by atoms with van der Waals surface area (Å²) < 4.78 is 2.22. The second-order valence-corrected chi connectivity index (χ2v) is 3.22. The van der Waals surface area contributed by atoms with Crippen LogP contribution >= 0.6 is 0 Å². The van der Waals surface area contributed by atoms with Crippen molar-refractivity contribution in [1.82, 2.24) is 9.88 Å². The van der Waals surface area contributed by atoms with Crippen LogP contribution in [0.1, 0.15) is 18.9 Å². The van der Waals surface area contributed by atoms with Gasteiger partial charge in [0, 0.05) is 38.6 Å². The van der Waals surface area contributed by atoms with Crippen molar-refractivity contribution in [3.8, 4) is 0 Å². The van der Waals surface area contributed by atoms with Gasteiger partial charge in [0.2, 0.25) is 0 Å². The number of nitrogens with zero attached hydrogens (tertiary/aromatic N) is 1. The van der Waals surface area contributed by atoms with Crippen LogP contribution in [0.4, 0.5) is 0 Å². The first-order valence-corrected chi connectivity index (χ1v) is 4.92. The molecular formula is C10H19N3. The van der Waals surface area contributed by atoms with Crippen LogP contribution in [0.25, 0.3) is 0 Å². The molecule has 13 heavy (non-hydrogen) atoms. The van der Waals surface area contributed by atoms with Crippen molar-refractivity contribution in [3.63, 3.8) is 0 Å². The summed E-state index contributed by atoms with van der Waals surface area (Å²) in [5.41, 5.74) is 6.71. The van der Waals surface area contributed by atoms with Crippen molar-refractivity contribution >= 4 is 0 Å². The SMILES string of the molecule is CCCn1ccc(CNCCN)c1. The molecular weight excluding hydrogens is 162 g/mol. The van der Waals surface area contributed by atoms with E-state index < -0.39 is 0 Å². The van der Waals surface area contributed by atoms with E-state index in [-0.39, 0.29) is 0 Å². The van der Waals surface area contributed by atoms with Crippen LogP contribution in [0.5, 0.6) is 0 Å². The second kappa shape index (κ2) is 5.78. The molecule has 1 rings (SSSR count). The number of aromatic nitrogens is 1. The molecule has 0 saturated heterocycles. The first-order chi connectivity index (χ1) is 6.36. The lowest BCUT2D eigenvalue weighted by molar-refractivity contribution is 0.669. The van der Waals surface area contributed by atoms with Gasteiger partial charge in [-0.15, -0.1) is 0 Å². The van der Waals surface area contributed by atoms with Crippen molar-refractivity contribution in [2.45, 2.75) is 26.4 Å². The molecule has 0 unspecified atom stereocenters. The van der Waals surface area contributed by atoms with E-state index in [0.29, 0.717) is 6.54 Å². The van der Waals surface area contributed by atoms with Gasteiger partial charge in [-0.1, -0.05) is 6.92 Å². The summed E-state index contributed by atoms with van der Waals surface area (Å²) >= 11 is 0. The van der Waals surface area contributed by atoms with Gasteiger partial charge in [-0.3, -0.25) is 0 Å². The van der Waals surface area contributed by atoms with E-state index in [0.717, 1.165) is 19.6 Å². The molecule has 0 aliphatic carbocycles. The summed E-state index contributed by atoms with van der Waals surface area (Å²) in [5.74, 6) is 0. The van der Waals surface area contributed by atoms with Gasteiger partial charge in [-0.2, -0.15) is 0 Å². The molecule has 1 aromatic rings. The van der Waals surface area contributed by atoms with Gasteiger partial charge in [0.15, 0.2) is 0 Å². The average Bonchev–Trinajstić information content (AvgIpc) is 2.54. The quantitative estimate of drug-likeness (QED) is 0.642. The second-order valence-electron chi connectivity index (χ2n) is 3.22. The lowest BCUT2D eigenvalue weighted by Crippen LogP contribution is -2.21. The molecule has 1 heterocycles. The minimum absolute atomic E-state index is 0.704. The van der Waals surface area contributed by atoms with E-state index in [2.05, 4.69) is 35.3 Å². The highest BCUT2D eigenvalue weighted by atomic mass is 14.9. The van der Waals surface area contributed by atoms with Gasteiger partial charge < -0.3 is 15.6 Å². The number of nitrogens with one attached hydrogen (secondary N) is 1. The van der Waals surface area contributed by atoms with Gasteiger partial charge in [0.05, 0.1) is 0 Å². The number of hydrogen-bond donors (Lipinski definition) is 2. The minimum atomic E-state index is 0.704. The minimum Gasteiger partial charge on any atom is -0.354 e. The Kier molecular flexibility index (Phi) is 4.57. The van der Waals surface area contributed by atoms with Crippen molar-refractivity contribution in [1.29, 1.82) is 0 Å². The first kappa shape index (κ1) is 10.3. The molecule has 0 radical (unpaired) electrons. The Morgan fingerprint density at radius 1 is 1.54 bits per heavy atom. The molecule has 0 aromatic carbocycles. The van der Waals surface area contributed by atoms with Crippen LogP contribution in [0.3, 0.4) is 0 Å². The fourth-order valence-electron chi connectivity index (χ4n) is 1.33. The number of aryl methyl sites for hydroxylation is 1. The number of nitrogens with two attached hydrogens (primary N) is 1. The lowest BCUT2D eigenvalue weighted by Gasteiger charge is -2.00. The van der Waals surface area contributed by atoms with Crippen LogP contribution in [0, 0.1) is 0 Å². The topological polar surface area (TPSA) is 43.0 Å². The Morgan fingerprint density at radius 2 is 2.38 bits per heavy atom. The predicted octanol–water partition coefficient (Wildman–Crippen LogP) is 0.946. The molecule has 0 bridgehead atoms. The Labute approximate surface area is 79.9 Å². The van der Waals surface area contributed by atoms with Gasteiger partial charge in [0.1, 0.15) is 0 Å². The van der Waals surface area contributed by atoms with Crippen LogP contribution < -0.4 is 11.1 Å². The van der Waals surface area contributed by atoms with Crippen molar-refractivity contribution in [2.24, 2.45) is 5.73 Å². The zero-order valence-electron chi connectivity index (χ0n) is 8.29. The van der Waals surface area contributed by atoms with Crippen LogP contribution in [0.15, 0.2) is 18.5 Å². The average molecular weight is 181 g/mol. The standard InChI is InChI=1S/C10H19N3/c1-2-6-13-7-3-10(9-13)8-12-5-4-11/h3,7,9,12H,2,4-6,8,11H2,1H3. The third kappa shape index (κ3) is 3.61. The molecule has 0 fully saturated rings. The normalized spacial score (nSPS) is 10.6. The summed E-state index contributed by atoms with van der Waals surface area (Å²) in [6.07, 6.45) is 5.50. The molecule has 3 N–H and O–H groups in total. The molecule has 74 valence electrons. The van der Waals surface area contributed by atoms with Gasteiger partial charge in [-0.25, -0.2) is 0 Å². The maximum atomic E-state index is 5.38. The van der Waals surface area contributed by atoms with Gasteiger partial charge in [-0.05, 0) is 18.1 Å². The zero-order valence-corrected chi connectivity index (χ0v) is 8.29. The molecule has 0 atom stereocenters. The first-order valence-electron chi connectivity index (χ1n) is 4.92. The Balaban J connectivity index is 2.31. The van der Waals surface area contributed by atoms with Crippen molar-refractivity contribution < 1.29 is 0 Å². The highest BCUT2D eigenvalue weighted by Crippen LogP contribution is 2.01. The fourth-order valence-corrected chi connectivity index (χ4v) is 1.33. The summed E-state index contributed by atoms with van der Waals surface area (Å²) in [6, 6.07) is 2.15. The summed E-state index contributed by atoms with van der Waals surface area (Å²) in [7, 11) is 0. The molecule has 0 aliphatic rings. The van der Waals surface area contributed by atoms with Gasteiger partial charge >= 0.3 is 0 Å². The van der Waals surface area contributed by atoms with E-state index in [1.165, 1.54) is 12.0 Å². The third-order valence-corrected chi connectivity index (χ3v) is 1.94. The van der Waals surface area contributed by atoms with E-state index in [9.17, 15) is 0 Å². The summed E-state index contributed by atoms with van der Waals surface area (Å²) in [4.78, 5) is 0. The van der Waals surface area contributed by atoms with E-state index in [1.54, 1.807) is 0 Å². The number of hydrogen-bond acceptors (Lipinski definition) is 2. The maximum absolute atomic E-state index is 5.38. The highest BCUT2D eigenvalue weighted by molar-refractivity contribution is 5.09. The zero-order chi connectivity index (χ0) is 9.52. The number of rotatable bonds is 6. The molecule has 3 heteroatoms. The lowest BCUT2D eigenvalue weighted by atomic mass is 10.3. The molecule has 0 spiro atoms. The van der Waals surface area contributed by atoms with Crippen LogP contribution in [0.2, 0.25) is 0 Å². The predicted molar refractivity (Wildman–Crippen MR) is 55.5 cm³/mol. The van der Waals surface area contributed by atoms with E-state index in [1.807, 2.05) is 0 Å². The Hall–Kier alpha value is -0.800. The molecule has 0 saturated carbocycles. The van der Waals surface area contributed by atoms with E-state index >= 15 is 0 Å². The Morgan fingerprint density at radius 3 is 3.08 bits per heavy atom. The summed E-state index contributed by atoms with van der Waals surface area (Å²) in [6.45, 7) is 5.81. The van der Waals surface area contributed by atoms with Crippen molar-refractivity contribution in [3.05, 3.63) is 24.0 Å². The highest BCUT2D eigenvalue weighted by Gasteiger charge is 1.94. The molecule has 1 aromatic heterocycles. The molecule has 0 amide bonds. The maximum Gasteiger partial charge on any atom is 0.0221 e. The van der Waals surface area contributed by atoms with Crippen LogP contribution in [-0.4, -0.2) is 17.7 Å². The summed E-state index contributed by atoms with van der Waals surface area (Å²) in [5, 5.41) is 3.27. The molecule has 3 nitrogen and oxygen atoms in total. The smallest absolute Gasteiger partial charge is 0.0221 e. The largest absolute Gasteiger partial charge is 0.354 e. The Bertz CT molecular complexity index is 230. The molecule has 0 aliphatic heterocycles. The third-order valence-electron chi connectivity index (χ3n) is 1.94. The monoisotopic (exact) mass is 181 g/mol. The van der Waals surface area contributed by atoms with Crippen molar-refractivity contribution in [2.75, 3.05) is 13.1 Å².